The molecule has 0 radical (unpaired) electrons. The number of hydrogen-bond donors (Lipinski definition) is 0. The second-order valence-corrected chi connectivity index (χ2v) is 9.05. The number of fused-ring (bicyclic) bond motifs is 6. The average Bonchev–Trinajstić information content (AvgIpc) is 3.15. The van der Waals surface area contributed by atoms with Crippen molar-refractivity contribution in [2.75, 3.05) is 13.2 Å². The molecule has 0 unspecified atom stereocenters. The normalized spacial score (nSPS) is 48.8. The maximum atomic E-state index is 11.8. The first-order valence-electron chi connectivity index (χ1n) is 9.71. The lowest BCUT2D eigenvalue weighted by atomic mass is 9.48. The molecule has 130 valence electrons. The van der Waals surface area contributed by atoms with Crippen molar-refractivity contribution in [3.05, 3.63) is 23.8 Å². The van der Waals surface area contributed by atoms with Crippen molar-refractivity contribution in [3.63, 3.8) is 0 Å². The molecule has 3 heteroatoms. The summed E-state index contributed by atoms with van der Waals surface area (Å²) in [6, 6.07) is 0. The van der Waals surface area contributed by atoms with Gasteiger partial charge in [0.1, 0.15) is 0 Å². The molecule has 0 bridgehead atoms. The monoisotopic (exact) mass is 328 g/mol. The molecule has 1 heterocycles. The maximum absolute atomic E-state index is 11.8. The summed E-state index contributed by atoms with van der Waals surface area (Å²) in [6.07, 6.45) is 12.9. The molecule has 24 heavy (non-hydrogen) atoms. The van der Waals surface area contributed by atoms with Gasteiger partial charge in [-0.05, 0) is 62.0 Å². The molecule has 3 saturated carbocycles. The molecule has 1 saturated heterocycles. The Labute approximate surface area is 144 Å². The Balaban J connectivity index is 1.51. The number of ketones is 1. The number of carbonyl (C=O) groups is 1. The first kappa shape index (κ1) is 15.3. The van der Waals surface area contributed by atoms with Crippen molar-refractivity contribution in [1.82, 2.24) is 0 Å². The smallest absolute Gasteiger partial charge is 0.178 e. The van der Waals surface area contributed by atoms with Gasteiger partial charge in [-0.25, -0.2) is 0 Å². The van der Waals surface area contributed by atoms with Gasteiger partial charge in [-0.15, -0.1) is 0 Å². The lowest BCUT2D eigenvalue weighted by molar-refractivity contribution is -0.241. The summed E-state index contributed by atoms with van der Waals surface area (Å²) in [5.74, 6) is 1.96. The molecule has 0 N–H and O–H groups in total. The van der Waals surface area contributed by atoms with Crippen molar-refractivity contribution < 1.29 is 14.3 Å². The zero-order valence-corrected chi connectivity index (χ0v) is 14.8. The molecule has 4 aliphatic carbocycles. The minimum Gasteiger partial charge on any atom is -0.347 e. The highest BCUT2D eigenvalue weighted by Crippen LogP contribution is 2.68. The van der Waals surface area contributed by atoms with E-state index in [2.05, 4.69) is 19.9 Å². The number of carbonyl (C=O) groups excluding carboxylic acids is 1. The lowest BCUT2D eigenvalue weighted by Gasteiger charge is -2.57. The van der Waals surface area contributed by atoms with Crippen molar-refractivity contribution in [3.8, 4) is 0 Å². The van der Waals surface area contributed by atoms with Crippen LogP contribution in [0.5, 0.6) is 0 Å². The van der Waals surface area contributed by atoms with Crippen LogP contribution in [0.2, 0.25) is 0 Å². The molecule has 5 rings (SSSR count). The van der Waals surface area contributed by atoms with Crippen LogP contribution in [0.25, 0.3) is 0 Å². The van der Waals surface area contributed by atoms with Gasteiger partial charge in [0.25, 0.3) is 0 Å². The standard InChI is InChI=1S/C21H28O3/c1-19-8-5-15(22)13-14(19)3-4-16-17(19)6-9-20(2)18(16)7-10-21(20)23-11-12-24-21/h5,8,13,16-18H,3-4,6-7,9-12H2,1-2H3/t16-,17+,18-,19+,20+/m1/s1. The summed E-state index contributed by atoms with van der Waals surface area (Å²) < 4.78 is 12.4. The molecule has 0 amide bonds. The molecule has 1 aliphatic heterocycles. The fraction of sp³-hybridized carbons (Fsp3) is 0.762. The largest absolute Gasteiger partial charge is 0.347 e. The molecule has 5 atom stereocenters. The van der Waals surface area contributed by atoms with Gasteiger partial charge >= 0.3 is 0 Å². The zero-order chi connectivity index (χ0) is 16.6. The van der Waals surface area contributed by atoms with E-state index in [-0.39, 0.29) is 22.4 Å². The summed E-state index contributed by atoms with van der Waals surface area (Å²) in [4.78, 5) is 11.8. The van der Waals surface area contributed by atoms with Crippen LogP contribution in [-0.2, 0) is 14.3 Å². The van der Waals surface area contributed by atoms with Crippen molar-refractivity contribution in [2.45, 2.75) is 58.2 Å². The Morgan fingerprint density at radius 2 is 1.79 bits per heavy atom. The van der Waals surface area contributed by atoms with Gasteiger partial charge in [-0.3, -0.25) is 4.79 Å². The van der Waals surface area contributed by atoms with Gasteiger partial charge in [0.05, 0.1) is 13.2 Å². The van der Waals surface area contributed by atoms with Crippen LogP contribution in [0, 0.1) is 28.6 Å². The minimum absolute atomic E-state index is 0.0886. The van der Waals surface area contributed by atoms with E-state index in [0.717, 1.165) is 32.0 Å². The van der Waals surface area contributed by atoms with Crippen molar-refractivity contribution >= 4 is 5.78 Å². The molecular formula is C21H28O3. The topological polar surface area (TPSA) is 35.5 Å². The molecule has 0 aromatic heterocycles. The van der Waals surface area contributed by atoms with Crippen LogP contribution in [0.4, 0.5) is 0 Å². The van der Waals surface area contributed by atoms with Crippen LogP contribution in [-0.4, -0.2) is 24.8 Å². The van der Waals surface area contributed by atoms with Crippen molar-refractivity contribution in [1.29, 1.82) is 0 Å². The Morgan fingerprint density at radius 1 is 1.04 bits per heavy atom. The van der Waals surface area contributed by atoms with Crippen molar-refractivity contribution in [2.24, 2.45) is 28.6 Å². The van der Waals surface area contributed by atoms with E-state index in [0.29, 0.717) is 11.8 Å². The predicted octanol–water partition coefficient (Wildman–Crippen LogP) is 4.04. The summed E-state index contributed by atoms with van der Waals surface area (Å²) in [7, 11) is 0. The molecule has 3 nitrogen and oxygen atoms in total. The molecule has 5 aliphatic rings. The first-order chi connectivity index (χ1) is 11.5. The first-order valence-corrected chi connectivity index (χ1v) is 9.71. The molecule has 0 aromatic rings. The Kier molecular flexibility index (Phi) is 3.08. The fourth-order valence-electron chi connectivity index (χ4n) is 7.08. The third kappa shape index (κ3) is 1.73. The van der Waals surface area contributed by atoms with E-state index in [1.54, 1.807) is 6.08 Å². The molecule has 1 spiro atoms. The second kappa shape index (κ2) is 4.82. The Bertz CT molecular complexity index is 641. The summed E-state index contributed by atoms with van der Waals surface area (Å²) >= 11 is 0. The number of ether oxygens (including phenoxy) is 2. The number of allylic oxidation sites excluding steroid dienone is 4. The highest BCUT2D eigenvalue weighted by molar-refractivity contribution is 6.01. The van der Waals surface area contributed by atoms with Crippen LogP contribution < -0.4 is 0 Å². The number of hydrogen-bond acceptors (Lipinski definition) is 3. The quantitative estimate of drug-likeness (QED) is 0.673. The van der Waals surface area contributed by atoms with Crippen LogP contribution >= 0.6 is 0 Å². The van der Waals surface area contributed by atoms with E-state index in [1.807, 2.05) is 6.08 Å². The SMILES string of the molecule is C[C@]12C=CC(=O)C=C1CC[C@H]1[C@H]3CCC4(OCCO4)[C@@]3(C)CC[C@@H]12. The van der Waals surface area contributed by atoms with E-state index < -0.39 is 0 Å². The average molecular weight is 328 g/mol. The van der Waals surface area contributed by atoms with Gasteiger partial charge < -0.3 is 9.47 Å². The molecule has 4 fully saturated rings. The van der Waals surface area contributed by atoms with E-state index >= 15 is 0 Å². The van der Waals surface area contributed by atoms with Crippen LogP contribution in [0.1, 0.15) is 52.4 Å². The van der Waals surface area contributed by atoms with Gasteiger partial charge in [0.2, 0.25) is 0 Å². The molecule has 0 aromatic carbocycles. The Hall–Kier alpha value is -0.930. The van der Waals surface area contributed by atoms with Gasteiger partial charge in [-0.2, -0.15) is 0 Å². The van der Waals surface area contributed by atoms with Crippen LogP contribution in [0.3, 0.4) is 0 Å². The Morgan fingerprint density at radius 3 is 2.58 bits per heavy atom. The van der Waals surface area contributed by atoms with Gasteiger partial charge in [0, 0.05) is 17.3 Å². The summed E-state index contributed by atoms with van der Waals surface area (Å²) in [5, 5.41) is 0. The zero-order valence-electron chi connectivity index (χ0n) is 14.8. The van der Waals surface area contributed by atoms with E-state index in [9.17, 15) is 4.79 Å². The van der Waals surface area contributed by atoms with Gasteiger partial charge in [0.15, 0.2) is 11.6 Å². The summed E-state index contributed by atoms with van der Waals surface area (Å²) in [6.45, 7) is 6.31. The number of rotatable bonds is 0. The predicted molar refractivity (Wildman–Crippen MR) is 91.3 cm³/mol. The molecular weight excluding hydrogens is 300 g/mol. The maximum Gasteiger partial charge on any atom is 0.178 e. The second-order valence-electron chi connectivity index (χ2n) is 9.05. The minimum atomic E-state index is -0.308. The van der Waals surface area contributed by atoms with E-state index in [1.165, 1.54) is 31.3 Å². The highest BCUT2D eigenvalue weighted by Gasteiger charge is 2.66. The third-order valence-electron chi connectivity index (χ3n) is 8.35. The third-order valence-corrected chi connectivity index (χ3v) is 8.35. The van der Waals surface area contributed by atoms with Gasteiger partial charge in [-0.1, -0.05) is 25.5 Å². The lowest BCUT2D eigenvalue weighted by Crippen LogP contribution is -2.54. The van der Waals surface area contributed by atoms with Crippen LogP contribution in [0.15, 0.2) is 23.8 Å². The fourth-order valence-corrected chi connectivity index (χ4v) is 7.08. The highest BCUT2D eigenvalue weighted by atomic mass is 16.7. The summed E-state index contributed by atoms with van der Waals surface area (Å²) in [5.41, 5.74) is 1.63. The van der Waals surface area contributed by atoms with E-state index in [4.69, 9.17) is 9.47 Å².